The zero-order valence-corrected chi connectivity index (χ0v) is 15.5. The van der Waals surface area contributed by atoms with Crippen molar-refractivity contribution in [3.05, 3.63) is 88.1 Å². The van der Waals surface area contributed by atoms with Crippen molar-refractivity contribution in [2.24, 2.45) is 0 Å². The molecular formula is C23H21NO2. The second-order valence-electron chi connectivity index (χ2n) is 7.54. The van der Waals surface area contributed by atoms with Gasteiger partial charge in [-0.25, -0.2) is 0 Å². The highest BCUT2D eigenvalue weighted by Crippen LogP contribution is 2.46. The fraction of sp³-hybridized carbons (Fsp3) is 0.217. The van der Waals surface area contributed by atoms with Crippen molar-refractivity contribution in [1.82, 2.24) is 0 Å². The Kier molecular flexibility index (Phi) is 3.52. The van der Waals surface area contributed by atoms with Crippen molar-refractivity contribution in [1.29, 1.82) is 0 Å². The molecule has 26 heavy (non-hydrogen) atoms. The Morgan fingerprint density at radius 1 is 0.923 bits per heavy atom. The van der Waals surface area contributed by atoms with Gasteiger partial charge in [-0.1, -0.05) is 49.7 Å². The summed E-state index contributed by atoms with van der Waals surface area (Å²) in [7, 11) is 2.02. The molecule has 130 valence electrons. The van der Waals surface area contributed by atoms with E-state index in [-0.39, 0.29) is 22.6 Å². The molecule has 0 atom stereocenters. The molecule has 1 aliphatic carbocycles. The van der Waals surface area contributed by atoms with Gasteiger partial charge in [0, 0.05) is 35.0 Å². The van der Waals surface area contributed by atoms with Crippen LogP contribution in [0.1, 0.15) is 45.7 Å². The predicted molar refractivity (Wildman–Crippen MR) is 104 cm³/mol. The van der Waals surface area contributed by atoms with Crippen molar-refractivity contribution >= 4 is 17.3 Å². The van der Waals surface area contributed by atoms with E-state index in [0.29, 0.717) is 11.1 Å². The van der Waals surface area contributed by atoms with Crippen molar-refractivity contribution in [3.63, 3.8) is 0 Å². The lowest BCUT2D eigenvalue weighted by atomic mass is 9.83. The van der Waals surface area contributed by atoms with Crippen LogP contribution < -0.4 is 4.90 Å². The highest BCUT2D eigenvalue weighted by molar-refractivity contribution is 6.39. The highest BCUT2D eigenvalue weighted by atomic mass is 16.2. The van der Waals surface area contributed by atoms with Gasteiger partial charge >= 0.3 is 0 Å². The van der Waals surface area contributed by atoms with E-state index in [2.05, 4.69) is 30.9 Å². The molecular weight excluding hydrogens is 322 g/mol. The number of fused-ring (bicyclic) bond motifs is 2. The molecule has 0 fully saturated rings. The van der Waals surface area contributed by atoms with Gasteiger partial charge in [-0.05, 0) is 36.8 Å². The van der Waals surface area contributed by atoms with Crippen LogP contribution in [0.25, 0.3) is 0 Å². The topological polar surface area (TPSA) is 37.4 Å². The fourth-order valence-corrected chi connectivity index (χ4v) is 4.05. The van der Waals surface area contributed by atoms with Gasteiger partial charge in [-0.3, -0.25) is 9.59 Å². The average molecular weight is 343 g/mol. The molecule has 0 aromatic heterocycles. The number of para-hydroxylation sites is 1. The molecule has 4 rings (SSSR count). The van der Waals surface area contributed by atoms with E-state index in [4.69, 9.17) is 0 Å². The smallest absolute Gasteiger partial charge is 0.197 e. The lowest BCUT2D eigenvalue weighted by Gasteiger charge is -2.23. The number of carbonyl (C=O) groups is 2. The van der Waals surface area contributed by atoms with Crippen molar-refractivity contribution in [2.45, 2.75) is 26.2 Å². The summed E-state index contributed by atoms with van der Waals surface area (Å²) >= 11 is 0. The van der Waals surface area contributed by atoms with Crippen LogP contribution >= 0.6 is 0 Å². The lowest BCUT2D eigenvalue weighted by molar-refractivity contribution is 0.0988. The Labute approximate surface area is 153 Å². The maximum absolute atomic E-state index is 12.7. The summed E-state index contributed by atoms with van der Waals surface area (Å²) in [5.41, 5.74) is 5.54. The van der Waals surface area contributed by atoms with Crippen LogP contribution in [0.15, 0.2) is 65.9 Å². The van der Waals surface area contributed by atoms with E-state index >= 15 is 0 Å². The van der Waals surface area contributed by atoms with E-state index in [1.54, 1.807) is 18.2 Å². The molecule has 1 aliphatic heterocycles. The summed E-state index contributed by atoms with van der Waals surface area (Å²) < 4.78 is 0. The Morgan fingerprint density at radius 3 is 2.35 bits per heavy atom. The summed E-state index contributed by atoms with van der Waals surface area (Å²) in [4.78, 5) is 27.5. The molecule has 3 nitrogen and oxygen atoms in total. The Balaban J connectivity index is 1.77. The number of Topliss-reactive ketones (excluding diaryl/α,β-unsaturated/α-hetero) is 2. The molecule has 3 heteroatoms. The largest absolute Gasteiger partial charge is 0.347 e. The first-order chi connectivity index (χ1) is 12.3. The number of hydrogen-bond acceptors (Lipinski definition) is 3. The molecule has 0 spiro atoms. The number of allylic oxidation sites excluding steroid dienone is 4. The number of aryl methyl sites for hydroxylation is 1. The molecule has 0 bridgehead atoms. The summed E-state index contributed by atoms with van der Waals surface area (Å²) in [6, 6.07) is 13.7. The SMILES string of the molecule is Cc1ccc2c(c1)C(=O)/C(=C/C=C1/N(C)c3ccccc3C1(C)C)C2=O. The minimum absolute atomic E-state index is 0.179. The number of likely N-dealkylation sites (N-methyl/N-ethyl adjacent to an activating group) is 1. The summed E-state index contributed by atoms with van der Waals surface area (Å²) in [5.74, 6) is -0.362. The number of benzene rings is 2. The molecule has 0 saturated heterocycles. The molecule has 0 amide bonds. The number of nitrogens with zero attached hydrogens (tertiary/aromatic N) is 1. The zero-order valence-electron chi connectivity index (χ0n) is 15.5. The lowest BCUT2D eigenvalue weighted by Crippen LogP contribution is -2.22. The number of hydrogen-bond donors (Lipinski definition) is 0. The van der Waals surface area contributed by atoms with Crippen LogP contribution in [0.3, 0.4) is 0 Å². The van der Waals surface area contributed by atoms with Gasteiger partial charge in [0.15, 0.2) is 11.6 Å². The maximum atomic E-state index is 12.7. The van der Waals surface area contributed by atoms with Gasteiger partial charge in [0.25, 0.3) is 0 Å². The Hall–Kier alpha value is -2.94. The first kappa shape index (κ1) is 16.5. The molecule has 2 aliphatic rings. The predicted octanol–water partition coefficient (Wildman–Crippen LogP) is 4.61. The molecule has 0 radical (unpaired) electrons. The van der Waals surface area contributed by atoms with Crippen molar-refractivity contribution < 1.29 is 9.59 Å². The van der Waals surface area contributed by atoms with Crippen LogP contribution in [0, 0.1) is 6.92 Å². The molecule has 2 aromatic carbocycles. The summed E-state index contributed by atoms with van der Waals surface area (Å²) in [6.45, 7) is 6.25. The Bertz CT molecular complexity index is 1020. The van der Waals surface area contributed by atoms with Gasteiger partial charge in [0.2, 0.25) is 0 Å². The maximum Gasteiger partial charge on any atom is 0.197 e. The third-order valence-electron chi connectivity index (χ3n) is 5.50. The van der Waals surface area contributed by atoms with Gasteiger partial charge in [-0.15, -0.1) is 0 Å². The quantitative estimate of drug-likeness (QED) is 0.560. The van der Waals surface area contributed by atoms with E-state index in [1.165, 1.54) is 5.56 Å². The van der Waals surface area contributed by atoms with Crippen molar-refractivity contribution in [2.75, 3.05) is 11.9 Å². The fourth-order valence-electron chi connectivity index (χ4n) is 4.05. The molecule has 0 N–H and O–H groups in total. The first-order valence-corrected chi connectivity index (χ1v) is 8.78. The van der Waals surface area contributed by atoms with Gasteiger partial charge in [-0.2, -0.15) is 0 Å². The van der Waals surface area contributed by atoms with Gasteiger partial charge in [0.1, 0.15) is 0 Å². The minimum atomic E-state index is -0.184. The normalized spacial score (nSPS) is 20.8. The van der Waals surface area contributed by atoms with Gasteiger partial charge in [0.05, 0.1) is 5.57 Å². The molecule has 2 aromatic rings. The molecule has 0 unspecified atom stereocenters. The number of anilines is 1. The molecule has 0 saturated carbocycles. The summed E-state index contributed by atoms with van der Waals surface area (Å²) in [6.07, 6.45) is 3.61. The zero-order chi connectivity index (χ0) is 18.6. The van der Waals surface area contributed by atoms with Crippen molar-refractivity contribution in [3.8, 4) is 0 Å². The van der Waals surface area contributed by atoms with Crippen LogP contribution in [-0.4, -0.2) is 18.6 Å². The van der Waals surface area contributed by atoms with Crippen LogP contribution in [0.4, 0.5) is 5.69 Å². The monoisotopic (exact) mass is 343 g/mol. The highest BCUT2D eigenvalue weighted by Gasteiger charge is 2.38. The van der Waals surface area contributed by atoms with Crippen LogP contribution in [0.2, 0.25) is 0 Å². The van der Waals surface area contributed by atoms with E-state index in [1.807, 2.05) is 38.2 Å². The number of carbonyl (C=O) groups excluding carboxylic acids is 2. The second kappa shape index (κ2) is 5.53. The van der Waals surface area contributed by atoms with Gasteiger partial charge < -0.3 is 4.90 Å². The summed E-state index contributed by atoms with van der Waals surface area (Å²) in [5, 5.41) is 0. The van der Waals surface area contributed by atoms with E-state index in [0.717, 1.165) is 16.9 Å². The standard InChI is InChI=1S/C23H21NO2/c1-14-9-10-15-17(13-14)22(26)16(21(15)25)11-12-20-23(2,3)18-7-5-6-8-19(18)24(20)4/h5-13H,1-4H3/b16-11+,20-12+. The average Bonchev–Trinajstić information content (AvgIpc) is 2.96. The number of rotatable bonds is 1. The third kappa shape index (κ3) is 2.20. The molecule has 1 heterocycles. The second-order valence-corrected chi connectivity index (χ2v) is 7.54. The first-order valence-electron chi connectivity index (χ1n) is 8.78. The van der Waals surface area contributed by atoms with E-state index < -0.39 is 0 Å². The van der Waals surface area contributed by atoms with Crippen LogP contribution in [0.5, 0.6) is 0 Å². The third-order valence-corrected chi connectivity index (χ3v) is 5.50. The minimum Gasteiger partial charge on any atom is -0.347 e. The van der Waals surface area contributed by atoms with E-state index in [9.17, 15) is 9.59 Å². The Morgan fingerprint density at radius 2 is 1.62 bits per heavy atom. The number of ketones is 2. The van der Waals surface area contributed by atoms with Crippen LogP contribution in [-0.2, 0) is 5.41 Å².